The maximum atomic E-state index is 2.94. The molecule has 0 spiro atoms. The standard InChI is InChI=1S/C66H70BN3/c1-61(2,3)43-27-31-47(32-28-43)68-56-35-30-46(63(7,8)9)39-54(56)67-53-25-19-24-52-60(53)70(64(10)36-17-18-37-66(52,64)44-21-13-12-14-22-44)58-41-48(40-57(68)59(58)67)69-55-34-29-45(62(4,5)6)38-49(55)51-33-26-42-20-15-16-23-50(42)65(51,69)11/h12-16,19-25,27-32,34-35,38-41,51H,17-18,26,33,36-37H2,1-11H3. The lowest BCUT2D eigenvalue weighted by atomic mass is 9.33. The second kappa shape index (κ2) is 14.6. The summed E-state index contributed by atoms with van der Waals surface area (Å²) in [5.74, 6) is 0.345. The summed E-state index contributed by atoms with van der Waals surface area (Å²) in [5.41, 5.74) is 24.5. The summed E-state index contributed by atoms with van der Waals surface area (Å²) in [6.45, 7) is 26.5. The first-order chi connectivity index (χ1) is 33.4. The fourth-order valence-electron chi connectivity index (χ4n) is 15.2. The second-order valence-electron chi connectivity index (χ2n) is 25.6. The lowest BCUT2D eigenvalue weighted by Gasteiger charge is -2.54. The van der Waals surface area contributed by atoms with E-state index in [2.05, 4.69) is 236 Å². The molecule has 4 heteroatoms. The van der Waals surface area contributed by atoms with E-state index in [1.807, 2.05) is 0 Å². The van der Waals surface area contributed by atoms with Crippen molar-refractivity contribution in [3.63, 3.8) is 0 Å². The van der Waals surface area contributed by atoms with Crippen LogP contribution in [0.4, 0.5) is 39.8 Å². The van der Waals surface area contributed by atoms with E-state index < -0.39 is 0 Å². The molecule has 2 aliphatic carbocycles. The topological polar surface area (TPSA) is 9.72 Å². The predicted molar refractivity (Wildman–Crippen MR) is 298 cm³/mol. The summed E-state index contributed by atoms with van der Waals surface area (Å²) < 4.78 is 0. The zero-order valence-corrected chi connectivity index (χ0v) is 43.6. The first kappa shape index (κ1) is 44.0. The molecule has 0 amide bonds. The molecule has 7 aromatic carbocycles. The highest BCUT2D eigenvalue weighted by molar-refractivity contribution is 7.00. The van der Waals surface area contributed by atoms with Crippen LogP contribution in [0.1, 0.15) is 159 Å². The van der Waals surface area contributed by atoms with Crippen molar-refractivity contribution < 1.29 is 0 Å². The van der Waals surface area contributed by atoms with Crippen LogP contribution in [0.2, 0.25) is 0 Å². The molecule has 0 bridgehead atoms. The fraction of sp³-hybridized carbons (Fsp3) is 0.364. The average molecular weight is 916 g/mol. The summed E-state index contributed by atoms with van der Waals surface area (Å²) >= 11 is 0. The van der Waals surface area contributed by atoms with Gasteiger partial charge in [0.2, 0.25) is 0 Å². The molecule has 0 saturated heterocycles. The normalized spacial score (nSPS) is 23.8. The van der Waals surface area contributed by atoms with Crippen molar-refractivity contribution in [1.29, 1.82) is 0 Å². The van der Waals surface area contributed by atoms with E-state index in [9.17, 15) is 0 Å². The van der Waals surface area contributed by atoms with Gasteiger partial charge >= 0.3 is 0 Å². The van der Waals surface area contributed by atoms with Gasteiger partial charge in [0.15, 0.2) is 0 Å². The van der Waals surface area contributed by atoms with Gasteiger partial charge in [-0.2, -0.15) is 0 Å². The molecule has 0 radical (unpaired) electrons. The fourth-order valence-corrected chi connectivity index (χ4v) is 15.2. The van der Waals surface area contributed by atoms with Crippen molar-refractivity contribution >= 4 is 62.9 Å². The lowest BCUT2D eigenvalue weighted by Crippen LogP contribution is -2.65. The Hall–Kier alpha value is -6.00. The van der Waals surface area contributed by atoms with Gasteiger partial charge < -0.3 is 14.7 Å². The highest BCUT2D eigenvalue weighted by Crippen LogP contribution is 2.66. The number of hydrogen-bond acceptors (Lipinski definition) is 3. The third-order valence-corrected chi connectivity index (χ3v) is 18.7. The number of anilines is 7. The van der Waals surface area contributed by atoms with E-state index in [4.69, 9.17) is 0 Å². The van der Waals surface area contributed by atoms with Crippen molar-refractivity contribution in [2.24, 2.45) is 0 Å². The molecule has 352 valence electrons. The monoisotopic (exact) mass is 916 g/mol. The molecule has 4 atom stereocenters. The molecule has 6 aliphatic rings. The molecule has 70 heavy (non-hydrogen) atoms. The van der Waals surface area contributed by atoms with E-state index in [1.165, 1.54) is 114 Å². The highest BCUT2D eigenvalue weighted by atomic mass is 15.3. The van der Waals surface area contributed by atoms with Crippen molar-refractivity contribution in [1.82, 2.24) is 0 Å². The van der Waals surface area contributed by atoms with Gasteiger partial charge in [-0.05, 0) is 153 Å². The van der Waals surface area contributed by atoms with Gasteiger partial charge in [0.25, 0.3) is 6.71 Å². The number of aryl methyl sites for hydroxylation is 1. The Morgan fingerprint density at radius 1 is 0.514 bits per heavy atom. The Balaban J connectivity index is 1.16. The van der Waals surface area contributed by atoms with Gasteiger partial charge in [0.1, 0.15) is 0 Å². The molecule has 4 unspecified atom stereocenters. The summed E-state index contributed by atoms with van der Waals surface area (Å²) in [6.07, 6.45) is 6.92. The van der Waals surface area contributed by atoms with E-state index >= 15 is 0 Å². The van der Waals surface area contributed by atoms with Crippen LogP contribution in [-0.4, -0.2) is 12.3 Å². The smallest absolute Gasteiger partial charge is 0.252 e. The second-order valence-corrected chi connectivity index (χ2v) is 25.6. The lowest BCUT2D eigenvalue weighted by molar-refractivity contribution is 0.215. The van der Waals surface area contributed by atoms with Crippen LogP contribution < -0.4 is 31.1 Å². The molecular formula is C66H70BN3. The van der Waals surface area contributed by atoms with Gasteiger partial charge in [0, 0.05) is 51.1 Å². The van der Waals surface area contributed by atoms with Crippen molar-refractivity contribution in [2.45, 2.75) is 153 Å². The molecule has 0 aromatic heterocycles. The minimum atomic E-state index is -0.299. The van der Waals surface area contributed by atoms with E-state index in [0.717, 1.165) is 25.7 Å². The van der Waals surface area contributed by atoms with E-state index in [-0.39, 0.29) is 39.5 Å². The van der Waals surface area contributed by atoms with Crippen molar-refractivity contribution in [3.8, 4) is 0 Å². The summed E-state index contributed by atoms with van der Waals surface area (Å²) in [7, 11) is 0. The summed E-state index contributed by atoms with van der Waals surface area (Å²) in [5, 5.41) is 0. The van der Waals surface area contributed by atoms with Crippen LogP contribution in [0, 0.1) is 0 Å². The first-order valence-corrected chi connectivity index (χ1v) is 26.6. The zero-order valence-electron chi connectivity index (χ0n) is 43.6. The van der Waals surface area contributed by atoms with Gasteiger partial charge in [-0.3, -0.25) is 0 Å². The van der Waals surface area contributed by atoms with Gasteiger partial charge in [-0.25, -0.2) is 0 Å². The van der Waals surface area contributed by atoms with Crippen LogP contribution in [-0.2, 0) is 33.6 Å². The minimum absolute atomic E-state index is 0.0153. The Morgan fingerprint density at radius 3 is 1.87 bits per heavy atom. The number of hydrogen-bond donors (Lipinski definition) is 0. The SMILES string of the molecule is CC(C)(C)c1ccc(N2c3ccc(C(C)(C)C)cc3B3c4cccc5c4N(c4cc(N6c7ccc(C(C)(C)C)cc7C7CCc8ccccc8C76C)cc2c43)C2(C)CCCCC52c2ccccc2)cc1. The average Bonchev–Trinajstić information content (AvgIpc) is 3.75. The predicted octanol–water partition coefficient (Wildman–Crippen LogP) is 15.1. The number of benzene rings is 7. The maximum Gasteiger partial charge on any atom is 0.252 e. The number of rotatable bonds is 3. The molecule has 3 nitrogen and oxygen atoms in total. The Labute approximate surface area is 419 Å². The minimum Gasteiger partial charge on any atom is -0.335 e. The largest absolute Gasteiger partial charge is 0.335 e. The first-order valence-electron chi connectivity index (χ1n) is 26.6. The third-order valence-electron chi connectivity index (χ3n) is 18.7. The quantitative estimate of drug-likeness (QED) is 0.164. The van der Waals surface area contributed by atoms with Gasteiger partial charge in [-0.1, -0.05) is 184 Å². The zero-order chi connectivity index (χ0) is 48.5. The third kappa shape index (κ3) is 5.77. The van der Waals surface area contributed by atoms with Crippen molar-refractivity contribution in [2.75, 3.05) is 14.7 Å². The highest BCUT2D eigenvalue weighted by Gasteiger charge is 2.64. The van der Waals surface area contributed by atoms with E-state index in [0.29, 0.717) is 5.92 Å². The molecule has 0 N–H and O–H groups in total. The molecule has 4 heterocycles. The molecular weight excluding hydrogens is 846 g/mol. The van der Waals surface area contributed by atoms with Crippen LogP contribution >= 0.6 is 0 Å². The van der Waals surface area contributed by atoms with Crippen LogP contribution in [0.3, 0.4) is 0 Å². The molecule has 13 rings (SSSR count). The number of nitrogens with zero attached hydrogens (tertiary/aromatic N) is 3. The molecule has 1 fully saturated rings. The Bertz CT molecular complexity index is 3290. The van der Waals surface area contributed by atoms with E-state index in [1.54, 1.807) is 0 Å². The Kier molecular flexibility index (Phi) is 9.15. The summed E-state index contributed by atoms with van der Waals surface area (Å²) in [6, 6.07) is 58.4. The van der Waals surface area contributed by atoms with Gasteiger partial charge in [-0.15, -0.1) is 0 Å². The molecule has 1 saturated carbocycles. The maximum absolute atomic E-state index is 2.94. The Morgan fingerprint density at radius 2 is 1.14 bits per heavy atom. The summed E-state index contributed by atoms with van der Waals surface area (Å²) in [4.78, 5) is 8.43. The van der Waals surface area contributed by atoms with Crippen molar-refractivity contribution in [3.05, 3.63) is 190 Å². The van der Waals surface area contributed by atoms with Crippen LogP contribution in [0.25, 0.3) is 0 Å². The number of fused-ring (bicyclic) bond motifs is 12. The number of para-hydroxylation sites is 1. The van der Waals surface area contributed by atoms with Crippen LogP contribution in [0.5, 0.6) is 0 Å². The molecule has 4 aliphatic heterocycles. The van der Waals surface area contributed by atoms with Gasteiger partial charge in [0.05, 0.1) is 11.1 Å². The molecule has 7 aromatic rings. The van der Waals surface area contributed by atoms with Crippen LogP contribution in [0.15, 0.2) is 146 Å².